The molecule has 0 aromatic carbocycles. The van der Waals surface area contributed by atoms with E-state index in [-0.39, 0.29) is 11.7 Å². The van der Waals surface area contributed by atoms with Crippen molar-refractivity contribution in [2.24, 2.45) is 5.92 Å². The molecule has 98 valence electrons. The van der Waals surface area contributed by atoms with Crippen molar-refractivity contribution in [2.75, 3.05) is 19.7 Å². The molecule has 17 heavy (non-hydrogen) atoms. The molecule has 0 aliphatic carbocycles. The van der Waals surface area contributed by atoms with Gasteiger partial charge >= 0.3 is 6.09 Å². The summed E-state index contributed by atoms with van der Waals surface area (Å²) in [5.41, 5.74) is -0.306. The first-order valence-electron chi connectivity index (χ1n) is 6.42. The Bertz CT molecular complexity index is 296. The van der Waals surface area contributed by atoms with Crippen molar-refractivity contribution in [3.05, 3.63) is 0 Å². The third-order valence-corrected chi connectivity index (χ3v) is 3.61. The van der Waals surface area contributed by atoms with Crippen LogP contribution in [0.5, 0.6) is 0 Å². The van der Waals surface area contributed by atoms with Gasteiger partial charge in [-0.3, -0.25) is 0 Å². The molecule has 0 aromatic heterocycles. The third-order valence-electron chi connectivity index (χ3n) is 3.61. The fourth-order valence-corrected chi connectivity index (χ4v) is 2.35. The molecule has 0 bridgehead atoms. The summed E-state index contributed by atoms with van der Waals surface area (Å²) in [7, 11) is 0. The summed E-state index contributed by atoms with van der Waals surface area (Å²) in [6.45, 7) is 10.3. The zero-order valence-electron chi connectivity index (χ0n) is 11.3. The minimum absolute atomic E-state index is 0.0972. The van der Waals surface area contributed by atoms with Crippen molar-refractivity contribution in [3.63, 3.8) is 0 Å². The molecule has 1 unspecified atom stereocenters. The van der Waals surface area contributed by atoms with Crippen LogP contribution in [0.2, 0.25) is 0 Å². The van der Waals surface area contributed by atoms with Crippen LogP contribution >= 0.6 is 0 Å². The predicted molar refractivity (Wildman–Crippen MR) is 64.9 cm³/mol. The summed E-state index contributed by atoms with van der Waals surface area (Å²) in [6, 6.07) is 0. The molecule has 2 heterocycles. The SMILES string of the molecule is CC(C)(C)OC(=O)N1CCC(C2(C)CO2)CC1. The molecular weight excluding hydrogens is 218 g/mol. The van der Waals surface area contributed by atoms with E-state index in [0.29, 0.717) is 5.92 Å². The highest BCUT2D eigenvalue weighted by atomic mass is 16.6. The average Bonchev–Trinajstić information content (AvgIpc) is 2.96. The summed E-state index contributed by atoms with van der Waals surface area (Å²) in [6.07, 6.45) is 1.86. The number of piperidine rings is 1. The Labute approximate surface area is 103 Å². The van der Waals surface area contributed by atoms with Crippen molar-refractivity contribution in [1.29, 1.82) is 0 Å². The molecule has 2 aliphatic rings. The maximum absolute atomic E-state index is 11.9. The van der Waals surface area contributed by atoms with Crippen molar-refractivity contribution < 1.29 is 14.3 Å². The first-order valence-corrected chi connectivity index (χ1v) is 6.42. The van der Waals surface area contributed by atoms with Gasteiger partial charge in [0.1, 0.15) is 5.60 Å². The molecule has 1 atom stereocenters. The number of hydrogen-bond acceptors (Lipinski definition) is 3. The van der Waals surface area contributed by atoms with Gasteiger partial charge in [0.25, 0.3) is 0 Å². The molecule has 4 heteroatoms. The predicted octanol–water partition coefficient (Wildman–Crippen LogP) is 2.42. The highest BCUT2D eigenvalue weighted by Crippen LogP contribution is 2.40. The van der Waals surface area contributed by atoms with E-state index in [4.69, 9.17) is 9.47 Å². The van der Waals surface area contributed by atoms with Crippen LogP contribution in [0.15, 0.2) is 0 Å². The van der Waals surface area contributed by atoms with Crippen LogP contribution < -0.4 is 0 Å². The van der Waals surface area contributed by atoms with Crippen LogP contribution in [-0.2, 0) is 9.47 Å². The van der Waals surface area contributed by atoms with Gasteiger partial charge in [0.15, 0.2) is 0 Å². The molecule has 0 spiro atoms. The van der Waals surface area contributed by atoms with Crippen molar-refractivity contribution in [1.82, 2.24) is 4.90 Å². The van der Waals surface area contributed by atoms with Crippen LogP contribution in [0, 0.1) is 5.92 Å². The van der Waals surface area contributed by atoms with Crippen LogP contribution in [0.3, 0.4) is 0 Å². The summed E-state index contributed by atoms with van der Waals surface area (Å²) in [4.78, 5) is 13.7. The monoisotopic (exact) mass is 241 g/mol. The van der Waals surface area contributed by atoms with Gasteiger partial charge in [0, 0.05) is 13.1 Å². The van der Waals surface area contributed by atoms with Gasteiger partial charge in [-0.25, -0.2) is 4.79 Å². The molecule has 0 radical (unpaired) electrons. The second-order valence-electron chi connectivity index (χ2n) is 6.34. The van der Waals surface area contributed by atoms with Gasteiger partial charge in [-0.2, -0.15) is 0 Å². The van der Waals surface area contributed by atoms with Gasteiger partial charge in [-0.1, -0.05) is 0 Å². The van der Waals surface area contributed by atoms with Crippen LogP contribution in [-0.4, -0.2) is 41.9 Å². The smallest absolute Gasteiger partial charge is 0.410 e. The quantitative estimate of drug-likeness (QED) is 0.662. The Morgan fingerprint density at radius 2 is 1.88 bits per heavy atom. The van der Waals surface area contributed by atoms with Gasteiger partial charge < -0.3 is 14.4 Å². The minimum Gasteiger partial charge on any atom is -0.444 e. The van der Waals surface area contributed by atoms with Gasteiger partial charge in [-0.05, 0) is 46.5 Å². The highest BCUT2D eigenvalue weighted by Gasteiger charge is 2.47. The Morgan fingerprint density at radius 3 is 2.29 bits per heavy atom. The standard InChI is InChI=1S/C13H23NO3/c1-12(2,3)17-11(15)14-7-5-10(6-8-14)13(4)9-16-13/h10H,5-9H2,1-4H3. The first kappa shape index (κ1) is 12.7. The van der Waals surface area contributed by atoms with E-state index in [0.717, 1.165) is 32.5 Å². The largest absolute Gasteiger partial charge is 0.444 e. The van der Waals surface area contributed by atoms with Gasteiger partial charge in [-0.15, -0.1) is 0 Å². The number of amides is 1. The number of likely N-dealkylation sites (tertiary alicyclic amines) is 1. The summed E-state index contributed by atoms with van der Waals surface area (Å²) in [5.74, 6) is 0.598. The first-order chi connectivity index (χ1) is 7.80. The lowest BCUT2D eigenvalue weighted by Crippen LogP contribution is -2.43. The van der Waals surface area contributed by atoms with E-state index in [1.807, 2.05) is 25.7 Å². The zero-order valence-corrected chi connectivity index (χ0v) is 11.3. The number of carbonyl (C=O) groups is 1. The van der Waals surface area contributed by atoms with Gasteiger partial charge in [0.2, 0.25) is 0 Å². The molecule has 0 aromatic rings. The van der Waals surface area contributed by atoms with E-state index in [1.54, 1.807) is 0 Å². The van der Waals surface area contributed by atoms with Crippen LogP contribution in [0.4, 0.5) is 4.79 Å². The number of hydrogen-bond donors (Lipinski definition) is 0. The molecule has 2 saturated heterocycles. The number of carbonyl (C=O) groups excluding carboxylic acids is 1. The lowest BCUT2D eigenvalue weighted by atomic mass is 9.86. The maximum atomic E-state index is 11.9. The Hall–Kier alpha value is -0.770. The normalized spacial score (nSPS) is 30.2. The molecule has 0 saturated carbocycles. The van der Waals surface area contributed by atoms with Crippen molar-refractivity contribution in [3.8, 4) is 0 Å². The topological polar surface area (TPSA) is 42.1 Å². The molecule has 2 rings (SSSR count). The molecule has 4 nitrogen and oxygen atoms in total. The van der Waals surface area contributed by atoms with Crippen molar-refractivity contribution in [2.45, 2.75) is 51.7 Å². The van der Waals surface area contributed by atoms with Crippen molar-refractivity contribution >= 4 is 6.09 Å². The summed E-state index contributed by atoms with van der Waals surface area (Å²) < 4.78 is 10.8. The number of rotatable bonds is 1. The summed E-state index contributed by atoms with van der Waals surface area (Å²) >= 11 is 0. The number of ether oxygens (including phenoxy) is 2. The molecule has 2 aliphatic heterocycles. The number of nitrogens with zero attached hydrogens (tertiary/aromatic N) is 1. The van der Waals surface area contributed by atoms with E-state index in [1.165, 1.54) is 0 Å². The third kappa shape index (κ3) is 3.12. The van der Waals surface area contributed by atoms with Crippen LogP contribution in [0.25, 0.3) is 0 Å². The molecule has 0 N–H and O–H groups in total. The Balaban J connectivity index is 1.80. The van der Waals surface area contributed by atoms with Crippen LogP contribution in [0.1, 0.15) is 40.5 Å². The second-order valence-corrected chi connectivity index (χ2v) is 6.34. The number of epoxide rings is 1. The van der Waals surface area contributed by atoms with E-state index in [9.17, 15) is 4.79 Å². The molecule has 1 amide bonds. The maximum Gasteiger partial charge on any atom is 0.410 e. The lowest BCUT2D eigenvalue weighted by molar-refractivity contribution is 0.0149. The molecular formula is C13H23NO3. The fraction of sp³-hybridized carbons (Fsp3) is 0.923. The van der Waals surface area contributed by atoms with E-state index in [2.05, 4.69) is 6.92 Å². The molecule has 2 fully saturated rings. The minimum atomic E-state index is -0.403. The fourth-order valence-electron chi connectivity index (χ4n) is 2.35. The highest BCUT2D eigenvalue weighted by molar-refractivity contribution is 5.68. The zero-order chi connectivity index (χ0) is 12.7. The Kier molecular flexibility index (Phi) is 3.10. The van der Waals surface area contributed by atoms with E-state index < -0.39 is 5.60 Å². The average molecular weight is 241 g/mol. The lowest BCUT2D eigenvalue weighted by Gasteiger charge is -2.34. The van der Waals surface area contributed by atoms with Gasteiger partial charge in [0.05, 0.1) is 12.2 Å². The Morgan fingerprint density at radius 1 is 1.35 bits per heavy atom. The second kappa shape index (κ2) is 4.16. The summed E-state index contributed by atoms with van der Waals surface area (Å²) in [5, 5.41) is 0. The van der Waals surface area contributed by atoms with E-state index >= 15 is 0 Å².